The second-order valence-corrected chi connectivity index (χ2v) is 6.11. The van der Waals surface area contributed by atoms with Crippen molar-refractivity contribution in [3.05, 3.63) is 35.1 Å². The predicted molar refractivity (Wildman–Crippen MR) is 71.0 cm³/mol. The fourth-order valence-electron chi connectivity index (χ4n) is 3.26. The van der Waals surface area contributed by atoms with E-state index in [2.05, 4.69) is 17.1 Å². The number of nitrogens with one attached hydrogen (secondary N) is 1. The van der Waals surface area contributed by atoms with Crippen molar-refractivity contribution in [2.45, 2.75) is 26.3 Å². The van der Waals surface area contributed by atoms with Crippen LogP contribution < -0.4 is 5.32 Å². The Hall–Kier alpha value is -0.930. The summed E-state index contributed by atoms with van der Waals surface area (Å²) in [7, 11) is 0. The van der Waals surface area contributed by atoms with Gasteiger partial charge in [0.15, 0.2) is 0 Å². The summed E-state index contributed by atoms with van der Waals surface area (Å²) in [5.74, 6) is -0.107. The quantitative estimate of drug-likeness (QED) is 0.863. The molecule has 0 bridgehead atoms. The number of hydrogen-bond donors (Lipinski definition) is 1. The van der Waals surface area contributed by atoms with E-state index >= 15 is 0 Å². The Balaban J connectivity index is 1.70. The van der Waals surface area contributed by atoms with Crippen molar-refractivity contribution in [3.8, 4) is 0 Å². The van der Waals surface area contributed by atoms with E-state index in [0.717, 1.165) is 39.1 Å². The van der Waals surface area contributed by atoms with Crippen LogP contribution in [0.3, 0.4) is 0 Å². The van der Waals surface area contributed by atoms with E-state index < -0.39 is 0 Å². The topological polar surface area (TPSA) is 15.3 Å². The standard InChI is InChI=1S/C15H21FN2/c1-15(5-6-17-10-15)11-18-7-4-12-2-3-14(16)8-13(12)9-18/h2-3,8,17H,4-7,9-11H2,1H3. The molecule has 18 heavy (non-hydrogen) atoms. The molecule has 3 heteroatoms. The Morgan fingerprint density at radius 2 is 2.28 bits per heavy atom. The third kappa shape index (κ3) is 2.43. The van der Waals surface area contributed by atoms with Gasteiger partial charge in [-0.2, -0.15) is 0 Å². The Bertz CT molecular complexity index is 438. The van der Waals surface area contributed by atoms with Gasteiger partial charge in [0, 0.05) is 26.2 Å². The lowest BCUT2D eigenvalue weighted by Gasteiger charge is -2.35. The van der Waals surface area contributed by atoms with Crippen molar-refractivity contribution in [3.63, 3.8) is 0 Å². The minimum absolute atomic E-state index is 0.107. The molecule has 2 heterocycles. The maximum absolute atomic E-state index is 13.3. The van der Waals surface area contributed by atoms with Crippen molar-refractivity contribution >= 4 is 0 Å². The highest BCUT2D eigenvalue weighted by molar-refractivity contribution is 5.30. The summed E-state index contributed by atoms with van der Waals surface area (Å²) in [6.07, 6.45) is 2.30. The molecule has 2 aliphatic rings. The van der Waals surface area contributed by atoms with Gasteiger partial charge < -0.3 is 5.32 Å². The zero-order valence-corrected chi connectivity index (χ0v) is 11.0. The number of fused-ring (bicyclic) bond motifs is 1. The van der Waals surface area contributed by atoms with Crippen LogP contribution >= 0.6 is 0 Å². The number of rotatable bonds is 2. The molecule has 0 saturated carbocycles. The second-order valence-electron chi connectivity index (χ2n) is 6.11. The van der Waals surface area contributed by atoms with Crippen LogP contribution in [0.2, 0.25) is 0 Å². The van der Waals surface area contributed by atoms with Gasteiger partial charge in [-0.05, 0) is 48.1 Å². The first-order valence-corrected chi connectivity index (χ1v) is 6.85. The average Bonchev–Trinajstić information content (AvgIpc) is 2.75. The highest BCUT2D eigenvalue weighted by Gasteiger charge is 2.31. The molecule has 98 valence electrons. The third-order valence-corrected chi connectivity index (χ3v) is 4.32. The van der Waals surface area contributed by atoms with Gasteiger partial charge in [0.1, 0.15) is 5.82 Å². The molecule has 1 atom stereocenters. The fraction of sp³-hybridized carbons (Fsp3) is 0.600. The minimum atomic E-state index is -0.107. The molecule has 1 saturated heterocycles. The van der Waals surface area contributed by atoms with E-state index in [1.165, 1.54) is 17.5 Å². The van der Waals surface area contributed by atoms with Gasteiger partial charge >= 0.3 is 0 Å². The molecule has 1 unspecified atom stereocenters. The number of benzene rings is 1. The Morgan fingerprint density at radius 1 is 1.39 bits per heavy atom. The van der Waals surface area contributed by atoms with Crippen LogP contribution in [-0.4, -0.2) is 31.1 Å². The van der Waals surface area contributed by atoms with E-state index in [0.29, 0.717) is 5.41 Å². The summed E-state index contributed by atoms with van der Waals surface area (Å²) in [6.45, 7) is 7.73. The molecule has 1 aromatic rings. The van der Waals surface area contributed by atoms with Gasteiger partial charge in [0.25, 0.3) is 0 Å². The van der Waals surface area contributed by atoms with Gasteiger partial charge in [-0.3, -0.25) is 4.90 Å². The molecule has 0 aliphatic carbocycles. The van der Waals surface area contributed by atoms with Crippen LogP contribution in [0, 0.1) is 11.2 Å². The van der Waals surface area contributed by atoms with E-state index in [1.54, 1.807) is 12.1 Å². The smallest absolute Gasteiger partial charge is 0.123 e. The Morgan fingerprint density at radius 3 is 3.06 bits per heavy atom. The van der Waals surface area contributed by atoms with Gasteiger partial charge in [0.2, 0.25) is 0 Å². The fourth-order valence-corrected chi connectivity index (χ4v) is 3.26. The monoisotopic (exact) mass is 248 g/mol. The zero-order valence-electron chi connectivity index (χ0n) is 11.0. The molecular formula is C15H21FN2. The zero-order chi connectivity index (χ0) is 12.6. The van der Waals surface area contributed by atoms with Crippen molar-refractivity contribution < 1.29 is 4.39 Å². The molecule has 0 aromatic heterocycles. The maximum atomic E-state index is 13.3. The summed E-state index contributed by atoms with van der Waals surface area (Å²) in [5.41, 5.74) is 2.89. The summed E-state index contributed by atoms with van der Waals surface area (Å²) in [4.78, 5) is 2.48. The van der Waals surface area contributed by atoms with E-state index in [4.69, 9.17) is 0 Å². The van der Waals surface area contributed by atoms with Crippen molar-refractivity contribution in [2.24, 2.45) is 5.41 Å². The molecule has 2 nitrogen and oxygen atoms in total. The summed E-state index contributed by atoms with van der Waals surface area (Å²) < 4.78 is 13.3. The molecule has 1 N–H and O–H groups in total. The third-order valence-electron chi connectivity index (χ3n) is 4.32. The molecule has 3 rings (SSSR count). The highest BCUT2D eigenvalue weighted by atomic mass is 19.1. The van der Waals surface area contributed by atoms with Crippen LogP contribution in [0.1, 0.15) is 24.5 Å². The van der Waals surface area contributed by atoms with Gasteiger partial charge in [-0.1, -0.05) is 13.0 Å². The first kappa shape index (κ1) is 12.1. The van der Waals surface area contributed by atoms with Crippen LogP contribution in [-0.2, 0) is 13.0 Å². The van der Waals surface area contributed by atoms with E-state index in [1.807, 2.05) is 6.07 Å². The summed E-state index contributed by atoms with van der Waals surface area (Å²) in [6, 6.07) is 5.23. The average molecular weight is 248 g/mol. The van der Waals surface area contributed by atoms with Crippen molar-refractivity contribution in [1.29, 1.82) is 0 Å². The number of nitrogens with zero attached hydrogens (tertiary/aromatic N) is 1. The van der Waals surface area contributed by atoms with Gasteiger partial charge in [-0.25, -0.2) is 4.39 Å². The normalized spacial score (nSPS) is 28.3. The molecule has 1 aromatic carbocycles. The van der Waals surface area contributed by atoms with Crippen LogP contribution in [0.15, 0.2) is 18.2 Å². The lowest BCUT2D eigenvalue weighted by molar-refractivity contribution is 0.164. The van der Waals surface area contributed by atoms with Gasteiger partial charge in [0.05, 0.1) is 0 Å². The Labute approximate surface area is 108 Å². The SMILES string of the molecule is CC1(CN2CCc3ccc(F)cc3C2)CCNC1. The van der Waals surface area contributed by atoms with E-state index in [-0.39, 0.29) is 5.82 Å². The van der Waals surface area contributed by atoms with Crippen LogP contribution in [0.4, 0.5) is 4.39 Å². The summed E-state index contributed by atoms with van der Waals surface area (Å²) >= 11 is 0. The lowest BCUT2D eigenvalue weighted by atomic mass is 9.88. The van der Waals surface area contributed by atoms with Gasteiger partial charge in [-0.15, -0.1) is 0 Å². The molecule has 0 amide bonds. The largest absolute Gasteiger partial charge is 0.316 e. The second kappa shape index (κ2) is 4.63. The highest BCUT2D eigenvalue weighted by Crippen LogP contribution is 2.28. The molecule has 0 spiro atoms. The lowest BCUT2D eigenvalue weighted by Crippen LogP contribution is -2.40. The van der Waals surface area contributed by atoms with Crippen molar-refractivity contribution in [2.75, 3.05) is 26.2 Å². The molecule has 1 fully saturated rings. The van der Waals surface area contributed by atoms with Crippen LogP contribution in [0.25, 0.3) is 0 Å². The Kier molecular flexibility index (Phi) is 3.12. The van der Waals surface area contributed by atoms with Crippen molar-refractivity contribution in [1.82, 2.24) is 10.2 Å². The molecule has 2 aliphatic heterocycles. The predicted octanol–water partition coefficient (Wildman–Crippen LogP) is 2.18. The maximum Gasteiger partial charge on any atom is 0.123 e. The minimum Gasteiger partial charge on any atom is -0.316 e. The molecular weight excluding hydrogens is 227 g/mol. The number of hydrogen-bond acceptors (Lipinski definition) is 2. The molecule has 0 radical (unpaired) electrons. The summed E-state index contributed by atoms with van der Waals surface area (Å²) in [5, 5.41) is 3.44. The van der Waals surface area contributed by atoms with Crippen LogP contribution in [0.5, 0.6) is 0 Å². The first-order valence-electron chi connectivity index (χ1n) is 6.85. The number of halogens is 1. The van der Waals surface area contributed by atoms with E-state index in [9.17, 15) is 4.39 Å². The first-order chi connectivity index (χ1) is 8.65.